The van der Waals surface area contributed by atoms with Gasteiger partial charge in [0.1, 0.15) is 5.69 Å². The first-order chi connectivity index (χ1) is 19.8. The number of rotatable bonds is 6. The van der Waals surface area contributed by atoms with Gasteiger partial charge in [-0.15, -0.1) is 10.2 Å². The molecule has 42 heavy (non-hydrogen) atoms. The molecule has 16 heteroatoms. The van der Waals surface area contributed by atoms with Crippen LogP contribution in [0.25, 0.3) is 11.4 Å². The van der Waals surface area contributed by atoms with Crippen LogP contribution in [-0.2, 0) is 23.6 Å². The number of anilines is 2. The summed E-state index contributed by atoms with van der Waals surface area (Å²) in [6, 6.07) is 7.52. The molecule has 0 saturated carbocycles. The van der Waals surface area contributed by atoms with E-state index in [9.17, 15) is 31.1 Å². The Bertz CT molecular complexity index is 1600. The molecule has 2 aromatic carbocycles. The van der Waals surface area contributed by atoms with Crippen LogP contribution in [0.5, 0.6) is 0 Å². The molecule has 220 valence electrons. The fourth-order valence-electron chi connectivity index (χ4n) is 4.52. The second-order valence-electron chi connectivity index (χ2n) is 9.27. The first kappa shape index (κ1) is 29.3. The molecule has 2 N–H and O–H groups in total. The minimum atomic E-state index is -5.03. The molecule has 0 aliphatic carbocycles. The Hall–Kier alpha value is -4.24. The third-order valence-electron chi connectivity index (χ3n) is 6.45. The number of carbonyl (C=O) groups excluding carboxylic acids is 1. The predicted octanol–water partition coefficient (Wildman–Crippen LogP) is 5.12. The summed E-state index contributed by atoms with van der Waals surface area (Å²) < 4.78 is 87.6. The highest BCUT2D eigenvalue weighted by Crippen LogP contribution is 2.38. The summed E-state index contributed by atoms with van der Waals surface area (Å²) in [7, 11) is 0. The largest absolute Gasteiger partial charge is 0.416 e. The van der Waals surface area contributed by atoms with E-state index in [1.807, 2.05) is 0 Å². The number of nitrogens with two attached hydrogens (primary N) is 1. The first-order valence-electron chi connectivity index (χ1n) is 12.3. The fraction of sp³-hybridized carbons (Fsp3) is 0.269. The second kappa shape index (κ2) is 11.2. The molecule has 1 saturated heterocycles. The number of halogens is 7. The quantitative estimate of drug-likeness (QED) is 0.236. The Kier molecular flexibility index (Phi) is 7.81. The smallest absolute Gasteiger partial charge is 0.397 e. The minimum absolute atomic E-state index is 0.00451. The molecule has 1 fully saturated rings. The molecule has 9 nitrogen and oxygen atoms in total. The van der Waals surface area contributed by atoms with E-state index >= 15 is 0 Å². The molecule has 0 radical (unpaired) electrons. The van der Waals surface area contributed by atoms with E-state index in [2.05, 4.69) is 20.5 Å². The van der Waals surface area contributed by atoms with E-state index in [-0.39, 0.29) is 77.0 Å². The minimum Gasteiger partial charge on any atom is -0.397 e. The first-order valence-corrected chi connectivity index (χ1v) is 12.7. The van der Waals surface area contributed by atoms with Gasteiger partial charge in [-0.25, -0.2) is 4.68 Å². The Morgan fingerprint density at radius 2 is 1.60 bits per heavy atom. The van der Waals surface area contributed by atoms with Crippen molar-refractivity contribution in [2.75, 3.05) is 36.9 Å². The van der Waals surface area contributed by atoms with Crippen LogP contribution >= 0.6 is 11.6 Å². The molecule has 0 bridgehead atoms. The fourth-order valence-corrected chi connectivity index (χ4v) is 4.75. The third-order valence-corrected chi connectivity index (χ3v) is 6.78. The number of nitrogens with zero attached hydrogens (tertiary/aromatic N) is 6. The van der Waals surface area contributed by atoms with Crippen molar-refractivity contribution >= 4 is 28.9 Å². The van der Waals surface area contributed by atoms with Crippen LogP contribution in [0.15, 0.2) is 48.7 Å². The topological polar surface area (TPSA) is 112 Å². The van der Waals surface area contributed by atoms with Gasteiger partial charge in [0.05, 0.1) is 53.4 Å². The van der Waals surface area contributed by atoms with Gasteiger partial charge < -0.3 is 15.4 Å². The average Bonchev–Trinajstić information content (AvgIpc) is 3.35. The number of carbonyl (C=O) groups is 1. The Labute approximate surface area is 238 Å². The second-order valence-corrected chi connectivity index (χ2v) is 9.67. The average molecular weight is 612 g/mol. The Morgan fingerprint density at radius 3 is 2.21 bits per heavy atom. The number of ether oxygens (including phenoxy) is 1. The van der Waals surface area contributed by atoms with Gasteiger partial charge in [0, 0.05) is 18.7 Å². The van der Waals surface area contributed by atoms with Crippen molar-refractivity contribution in [1.29, 1.82) is 0 Å². The molecule has 1 aliphatic heterocycles. The number of hydrogen-bond donors (Lipinski definition) is 1. The number of ketones is 1. The predicted molar refractivity (Wildman–Crippen MR) is 139 cm³/mol. The van der Waals surface area contributed by atoms with Crippen molar-refractivity contribution in [3.05, 3.63) is 81.5 Å². The van der Waals surface area contributed by atoms with Crippen molar-refractivity contribution in [2.45, 2.75) is 18.9 Å². The summed E-state index contributed by atoms with van der Waals surface area (Å²) in [4.78, 5) is 15.3. The summed E-state index contributed by atoms with van der Waals surface area (Å²) in [5.41, 5.74) is 2.77. The highest BCUT2D eigenvalue weighted by atomic mass is 35.5. The lowest BCUT2D eigenvalue weighted by molar-refractivity contribution is -0.143. The van der Waals surface area contributed by atoms with E-state index in [1.54, 1.807) is 17.0 Å². The normalized spacial score (nSPS) is 14.3. The molecule has 3 heterocycles. The molecule has 1 aliphatic rings. The van der Waals surface area contributed by atoms with Crippen LogP contribution < -0.4 is 10.6 Å². The molecule has 2 aromatic heterocycles. The van der Waals surface area contributed by atoms with Crippen molar-refractivity contribution in [3.63, 3.8) is 0 Å². The molecule has 5 rings (SSSR count). The van der Waals surface area contributed by atoms with E-state index in [1.165, 1.54) is 12.1 Å². The standard InChI is InChI=1S/C26H20ClF6N7O2/c27-18-4-2-1-3-17(18)23(41)20-19(34)12-35-36-21(20)22-24(39-5-7-42-8-6-39)40(38-37-22)13-14-9-15(25(28,29)30)11-16(10-14)26(31,32)33/h1-4,9-12H,5-8,13H2,(H2,34,36). The van der Waals surface area contributed by atoms with E-state index in [0.717, 1.165) is 10.9 Å². The van der Waals surface area contributed by atoms with Gasteiger partial charge in [0.25, 0.3) is 0 Å². The van der Waals surface area contributed by atoms with Gasteiger partial charge in [0.15, 0.2) is 17.3 Å². The highest BCUT2D eigenvalue weighted by molar-refractivity contribution is 6.35. The lowest BCUT2D eigenvalue weighted by atomic mass is 9.99. The van der Waals surface area contributed by atoms with Crippen LogP contribution in [0.4, 0.5) is 37.8 Å². The highest BCUT2D eigenvalue weighted by Gasteiger charge is 2.37. The van der Waals surface area contributed by atoms with Gasteiger partial charge in [-0.05, 0) is 35.9 Å². The van der Waals surface area contributed by atoms with E-state index < -0.39 is 35.8 Å². The van der Waals surface area contributed by atoms with Crippen LogP contribution in [0.2, 0.25) is 5.02 Å². The molecule has 0 unspecified atom stereocenters. The van der Waals surface area contributed by atoms with Gasteiger partial charge in [0.2, 0.25) is 0 Å². The van der Waals surface area contributed by atoms with Crippen LogP contribution in [0.1, 0.15) is 32.6 Å². The van der Waals surface area contributed by atoms with Crippen molar-refractivity contribution in [1.82, 2.24) is 25.2 Å². The van der Waals surface area contributed by atoms with E-state index in [4.69, 9.17) is 22.1 Å². The van der Waals surface area contributed by atoms with Crippen molar-refractivity contribution in [2.24, 2.45) is 0 Å². The van der Waals surface area contributed by atoms with Crippen LogP contribution in [0, 0.1) is 0 Å². The van der Waals surface area contributed by atoms with Crippen molar-refractivity contribution < 1.29 is 35.9 Å². The number of nitrogen functional groups attached to an aromatic ring is 1. The van der Waals surface area contributed by atoms with Crippen molar-refractivity contribution in [3.8, 4) is 11.4 Å². The molecular formula is C26H20ClF6N7O2. The zero-order valence-electron chi connectivity index (χ0n) is 21.4. The maximum atomic E-state index is 13.6. The molecule has 0 amide bonds. The lowest BCUT2D eigenvalue weighted by Gasteiger charge is -2.29. The number of hydrogen-bond acceptors (Lipinski definition) is 8. The number of benzene rings is 2. The maximum absolute atomic E-state index is 13.6. The van der Waals surface area contributed by atoms with Gasteiger partial charge in [-0.3, -0.25) is 4.79 Å². The van der Waals surface area contributed by atoms with Gasteiger partial charge in [-0.2, -0.15) is 31.4 Å². The monoisotopic (exact) mass is 611 g/mol. The van der Waals surface area contributed by atoms with E-state index in [0.29, 0.717) is 12.1 Å². The zero-order valence-corrected chi connectivity index (χ0v) is 22.1. The zero-order chi connectivity index (χ0) is 30.2. The van der Waals surface area contributed by atoms with Gasteiger partial charge in [-0.1, -0.05) is 28.9 Å². The van der Waals surface area contributed by atoms with Crippen LogP contribution in [0.3, 0.4) is 0 Å². The summed E-state index contributed by atoms with van der Waals surface area (Å²) in [5, 5.41) is 16.3. The summed E-state index contributed by atoms with van der Waals surface area (Å²) in [6.45, 7) is 0.567. The van der Waals surface area contributed by atoms with Gasteiger partial charge >= 0.3 is 12.4 Å². The molecule has 0 spiro atoms. The Balaban J connectivity index is 1.66. The number of morpholine rings is 1. The number of aromatic nitrogens is 5. The summed E-state index contributed by atoms with van der Waals surface area (Å²) in [6.07, 6.45) is -8.89. The lowest BCUT2D eigenvalue weighted by Crippen LogP contribution is -2.38. The number of alkyl halides is 6. The maximum Gasteiger partial charge on any atom is 0.416 e. The van der Waals surface area contributed by atoms with Crippen LogP contribution in [-0.4, -0.2) is 57.3 Å². The molecule has 0 atom stereocenters. The third kappa shape index (κ3) is 5.87. The SMILES string of the molecule is Nc1cnnc(-c2nnn(Cc3cc(C(F)(F)F)cc(C(F)(F)F)c3)c2N2CCOCC2)c1C(=O)c1ccccc1Cl. The summed E-state index contributed by atoms with van der Waals surface area (Å²) in [5.74, 6) is -0.421. The Morgan fingerprint density at radius 1 is 0.952 bits per heavy atom. The molecule has 4 aromatic rings. The summed E-state index contributed by atoms with van der Waals surface area (Å²) >= 11 is 6.24. The molecular weight excluding hydrogens is 592 g/mol.